The molecule has 0 heterocycles. The maximum absolute atomic E-state index is 10.5. The molecular weight excluding hydrogens is 305 g/mol. The molecule has 114 valence electrons. The number of phenolic OH excluding ortho intramolecular Hbond substituents is 1. The molecule has 2 nitrogen and oxygen atoms in total. The second kappa shape index (κ2) is 7.35. The van der Waals surface area contributed by atoms with E-state index in [4.69, 9.17) is 23.2 Å². The van der Waals surface area contributed by atoms with Crippen molar-refractivity contribution in [3.63, 3.8) is 0 Å². The average molecular weight is 326 g/mol. The number of nitrogens with zero attached hydrogens (tertiary/aromatic N) is 1. The van der Waals surface area contributed by atoms with Crippen molar-refractivity contribution in [1.29, 1.82) is 0 Å². The molecule has 0 aliphatic carbocycles. The van der Waals surface area contributed by atoms with Crippen LogP contribution in [0.3, 0.4) is 0 Å². The van der Waals surface area contributed by atoms with Crippen LogP contribution in [0, 0.1) is 0 Å². The number of benzene rings is 2. The van der Waals surface area contributed by atoms with Crippen molar-refractivity contribution >= 4 is 34.0 Å². The highest BCUT2D eigenvalue weighted by Gasteiger charge is 2.15. The maximum Gasteiger partial charge on any atom is 0.127 e. The molecule has 0 fully saturated rings. The van der Waals surface area contributed by atoms with Gasteiger partial charge in [-0.15, -0.1) is 23.2 Å². The fourth-order valence-electron chi connectivity index (χ4n) is 2.58. The third-order valence-electron chi connectivity index (χ3n) is 3.40. The summed E-state index contributed by atoms with van der Waals surface area (Å²) in [5.41, 5.74) is 0.906. The van der Waals surface area contributed by atoms with E-state index in [0.29, 0.717) is 12.3 Å². The topological polar surface area (TPSA) is 23.5 Å². The summed E-state index contributed by atoms with van der Waals surface area (Å²) in [7, 11) is 0. The Kier molecular flexibility index (Phi) is 5.74. The zero-order valence-corrected chi connectivity index (χ0v) is 13.9. The predicted octanol–water partition coefficient (Wildman–Crippen LogP) is 4.60. The van der Waals surface area contributed by atoms with E-state index in [9.17, 15) is 5.11 Å². The quantitative estimate of drug-likeness (QED) is 0.784. The summed E-state index contributed by atoms with van der Waals surface area (Å²) in [5.74, 6) is 0.350. The molecular formula is C17H21Cl2NO. The molecule has 0 aliphatic rings. The number of hydrogen-bond acceptors (Lipinski definition) is 2. The van der Waals surface area contributed by atoms with Crippen LogP contribution in [0.15, 0.2) is 36.4 Å². The lowest BCUT2D eigenvalue weighted by Crippen LogP contribution is -2.33. The van der Waals surface area contributed by atoms with Gasteiger partial charge in [0.1, 0.15) is 5.75 Å². The van der Waals surface area contributed by atoms with E-state index in [1.54, 1.807) is 0 Å². The summed E-state index contributed by atoms with van der Waals surface area (Å²) in [5, 5.41) is 12.5. The standard InChI is InChI=1S/C17H21Cl2NO/c1-12(18)9-20(10-13(2)19)11-15-8-7-14-5-3-4-6-16(14)17(15)21/h3-8,12-13,21H,9-11H2,1-2H3. The van der Waals surface area contributed by atoms with E-state index in [2.05, 4.69) is 4.90 Å². The molecule has 0 saturated carbocycles. The summed E-state index contributed by atoms with van der Waals surface area (Å²) in [6.45, 7) is 6.06. The molecule has 0 spiro atoms. The third kappa shape index (κ3) is 4.50. The monoisotopic (exact) mass is 325 g/mol. The number of rotatable bonds is 6. The molecule has 2 unspecified atom stereocenters. The van der Waals surface area contributed by atoms with Crippen molar-refractivity contribution in [3.05, 3.63) is 42.0 Å². The zero-order chi connectivity index (χ0) is 15.4. The second-order valence-corrected chi connectivity index (χ2v) is 7.04. The Morgan fingerprint density at radius 1 is 1.00 bits per heavy atom. The summed E-state index contributed by atoms with van der Waals surface area (Å²) < 4.78 is 0. The van der Waals surface area contributed by atoms with Gasteiger partial charge in [-0.1, -0.05) is 36.4 Å². The van der Waals surface area contributed by atoms with Gasteiger partial charge in [0.25, 0.3) is 0 Å². The lowest BCUT2D eigenvalue weighted by Gasteiger charge is -2.25. The molecule has 2 aromatic rings. The summed E-state index contributed by atoms with van der Waals surface area (Å²) in [6.07, 6.45) is 0. The summed E-state index contributed by atoms with van der Waals surface area (Å²) >= 11 is 12.2. The SMILES string of the molecule is CC(Cl)CN(Cc1ccc2ccccc2c1O)CC(C)Cl. The van der Waals surface area contributed by atoms with Crippen LogP contribution in [-0.2, 0) is 6.54 Å². The molecule has 0 amide bonds. The summed E-state index contributed by atoms with van der Waals surface area (Å²) in [6, 6.07) is 11.9. The first-order valence-corrected chi connectivity index (χ1v) is 8.04. The molecule has 0 radical (unpaired) electrons. The molecule has 2 aromatic carbocycles. The zero-order valence-electron chi connectivity index (χ0n) is 12.4. The molecule has 0 saturated heterocycles. The number of halogens is 2. The van der Waals surface area contributed by atoms with E-state index in [0.717, 1.165) is 29.4 Å². The van der Waals surface area contributed by atoms with Crippen LogP contribution in [0.2, 0.25) is 0 Å². The van der Waals surface area contributed by atoms with Crippen LogP contribution in [-0.4, -0.2) is 33.9 Å². The van der Waals surface area contributed by atoms with E-state index >= 15 is 0 Å². The highest BCUT2D eigenvalue weighted by atomic mass is 35.5. The molecule has 2 atom stereocenters. The molecule has 2 rings (SSSR count). The third-order valence-corrected chi connectivity index (χ3v) is 3.67. The van der Waals surface area contributed by atoms with Gasteiger partial charge in [-0.3, -0.25) is 4.90 Å². The van der Waals surface area contributed by atoms with Crippen molar-refractivity contribution in [3.8, 4) is 5.75 Å². The van der Waals surface area contributed by atoms with Crippen molar-refractivity contribution in [2.75, 3.05) is 13.1 Å². The molecule has 0 aromatic heterocycles. The van der Waals surface area contributed by atoms with E-state index in [1.807, 2.05) is 50.2 Å². The van der Waals surface area contributed by atoms with Gasteiger partial charge in [0.05, 0.1) is 0 Å². The van der Waals surface area contributed by atoms with Crippen molar-refractivity contribution in [1.82, 2.24) is 4.90 Å². The first kappa shape index (κ1) is 16.4. The normalized spacial score (nSPS) is 14.5. The fraction of sp³-hybridized carbons (Fsp3) is 0.412. The first-order chi connectivity index (χ1) is 9.97. The first-order valence-electron chi connectivity index (χ1n) is 7.17. The highest BCUT2D eigenvalue weighted by Crippen LogP contribution is 2.29. The van der Waals surface area contributed by atoms with Crippen LogP contribution in [0.1, 0.15) is 19.4 Å². The Hall–Kier alpha value is -0.960. The maximum atomic E-state index is 10.5. The van der Waals surface area contributed by atoms with Crippen LogP contribution in [0.5, 0.6) is 5.75 Å². The summed E-state index contributed by atoms with van der Waals surface area (Å²) in [4.78, 5) is 2.18. The van der Waals surface area contributed by atoms with E-state index < -0.39 is 0 Å². The van der Waals surface area contributed by atoms with Crippen molar-refractivity contribution in [2.24, 2.45) is 0 Å². The number of aromatic hydroxyl groups is 1. The minimum atomic E-state index is 0.0445. The lowest BCUT2D eigenvalue weighted by molar-refractivity contribution is 0.267. The van der Waals surface area contributed by atoms with Crippen molar-refractivity contribution in [2.45, 2.75) is 31.1 Å². The van der Waals surface area contributed by atoms with Crippen LogP contribution < -0.4 is 0 Å². The van der Waals surface area contributed by atoms with Crippen LogP contribution >= 0.6 is 23.2 Å². The minimum absolute atomic E-state index is 0.0445. The molecule has 0 aliphatic heterocycles. The Bertz CT molecular complexity index is 588. The van der Waals surface area contributed by atoms with Gasteiger partial charge in [0, 0.05) is 41.3 Å². The van der Waals surface area contributed by atoms with Crippen LogP contribution in [0.4, 0.5) is 0 Å². The van der Waals surface area contributed by atoms with Crippen LogP contribution in [0.25, 0.3) is 10.8 Å². The smallest absolute Gasteiger partial charge is 0.127 e. The lowest BCUT2D eigenvalue weighted by atomic mass is 10.0. The van der Waals surface area contributed by atoms with Gasteiger partial charge in [-0.05, 0) is 19.2 Å². The fourth-order valence-corrected chi connectivity index (χ4v) is 2.97. The van der Waals surface area contributed by atoms with Gasteiger partial charge in [0.2, 0.25) is 0 Å². The molecule has 1 N–H and O–H groups in total. The van der Waals surface area contributed by atoms with Crippen molar-refractivity contribution < 1.29 is 5.11 Å². The predicted molar refractivity (Wildman–Crippen MR) is 91.5 cm³/mol. The Labute approximate surface area is 136 Å². The highest BCUT2D eigenvalue weighted by molar-refractivity contribution is 6.21. The largest absolute Gasteiger partial charge is 0.507 e. The number of alkyl halides is 2. The number of fused-ring (bicyclic) bond motifs is 1. The van der Waals surface area contributed by atoms with Gasteiger partial charge in [-0.25, -0.2) is 0 Å². The van der Waals surface area contributed by atoms with Gasteiger partial charge < -0.3 is 5.11 Å². The Balaban J connectivity index is 2.25. The second-order valence-electron chi connectivity index (χ2n) is 5.55. The minimum Gasteiger partial charge on any atom is -0.507 e. The Morgan fingerprint density at radius 2 is 1.62 bits per heavy atom. The van der Waals surface area contributed by atoms with Gasteiger partial charge >= 0.3 is 0 Å². The Morgan fingerprint density at radius 3 is 2.24 bits per heavy atom. The molecule has 21 heavy (non-hydrogen) atoms. The number of hydrogen-bond donors (Lipinski definition) is 1. The molecule has 0 bridgehead atoms. The van der Waals surface area contributed by atoms with E-state index in [1.165, 1.54) is 0 Å². The number of phenols is 1. The van der Waals surface area contributed by atoms with Gasteiger partial charge in [0.15, 0.2) is 0 Å². The van der Waals surface area contributed by atoms with Gasteiger partial charge in [-0.2, -0.15) is 0 Å². The van der Waals surface area contributed by atoms with E-state index in [-0.39, 0.29) is 10.8 Å². The average Bonchev–Trinajstić information content (AvgIpc) is 2.41. The molecule has 4 heteroatoms.